The zero-order valence-corrected chi connectivity index (χ0v) is 16.0. The van der Waals surface area contributed by atoms with Crippen LogP contribution in [0.5, 0.6) is 5.75 Å². The van der Waals surface area contributed by atoms with E-state index in [2.05, 4.69) is 0 Å². The quantitative estimate of drug-likeness (QED) is 0.492. The number of hydrogen-bond acceptors (Lipinski definition) is 4. The summed E-state index contributed by atoms with van der Waals surface area (Å²) in [6, 6.07) is 13.8. The average Bonchev–Trinajstić information content (AvgIpc) is 2.66. The summed E-state index contributed by atoms with van der Waals surface area (Å²) >= 11 is 5.85. The number of esters is 1. The molecule has 0 N–H and O–H groups in total. The third-order valence-electron chi connectivity index (χ3n) is 4.25. The molecule has 0 fully saturated rings. The van der Waals surface area contributed by atoms with Gasteiger partial charge in [-0.25, -0.2) is 0 Å². The first-order chi connectivity index (χ1) is 12.4. The van der Waals surface area contributed by atoms with Crippen LogP contribution >= 0.6 is 11.6 Å². The van der Waals surface area contributed by atoms with Crippen molar-refractivity contribution in [2.45, 2.75) is 20.8 Å². The molecule has 0 amide bonds. The lowest BCUT2D eigenvalue weighted by molar-refractivity contribution is -0.149. The van der Waals surface area contributed by atoms with Crippen LogP contribution in [0, 0.1) is 11.8 Å². The van der Waals surface area contributed by atoms with Crippen molar-refractivity contribution in [3.8, 4) is 5.75 Å². The number of halogens is 1. The predicted molar refractivity (Wildman–Crippen MR) is 102 cm³/mol. The third-order valence-corrected chi connectivity index (χ3v) is 4.50. The van der Waals surface area contributed by atoms with Gasteiger partial charge in [0.2, 0.25) is 0 Å². The minimum atomic E-state index is -0.235. The number of ketones is 1. The minimum Gasteiger partial charge on any atom is -0.493 e. The first-order valence-corrected chi connectivity index (χ1v) is 9.00. The first kappa shape index (κ1) is 20.0. The number of rotatable bonds is 8. The highest BCUT2D eigenvalue weighted by Gasteiger charge is 2.22. The van der Waals surface area contributed by atoms with E-state index in [0.717, 1.165) is 0 Å². The maximum atomic E-state index is 12.4. The van der Waals surface area contributed by atoms with Crippen molar-refractivity contribution in [1.29, 1.82) is 0 Å². The summed E-state index contributed by atoms with van der Waals surface area (Å²) in [6.07, 6.45) is 0. The van der Waals surface area contributed by atoms with Crippen LogP contribution in [0.4, 0.5) is 0 Å². The standard InChI is InChI=1S/C21H23ClO4/c1-4-25-21(24)15(3)14(2)13-26-19-11-7-17(8-12-19)20(23)16-5-9-18(22)10-6-16/h5-12,14-15H,4,13H2,1-3H3. The maximum absolute atomic E-state index is 12.4. The van der Waals surface area contributed by atoms with Gasteiger partial charge in [-0.15, -0.1) is 0 Å². The number of hydrogen-bond donors (Lipinski definition) is 0. The van der Waals surface area contributed by atoms with E-state index in [9.17, 15) is 9.59 Å². The molecule has 2 aromatic carbocycles. The zero-order chi connectivity index (χ0) is 19.1. The Morgan fingerprint density at radius 1 is 0.962 bits per heavy atom. The second-order valence-corrected chi connectivity index (χ2v) is 6.63. The highest BCUT2D eigenvalue weighted by molar-refractivity contribution is 6.30. The SMILES string of the molecule is CCOC(=O)C(C)C(C)COc1ccc(C(=O)c2ccc(Cl)cc2)cc1. The maximum Gasteiger partial charge on any atom is 0.309 e. The Morgan fingerprint density at radius 3 is 2.04 bits per heavy atom. The van der Waals surface area contributed by atoms with Crippen LogP contribution in [0.15, 0.2) is 48.5 Å². The Balaban J connectivity index is 1.94. The van der Waals surface area contributed by atoms with Gasteiger partial charge in [-0.05, 0) is 55.5 Å². The van der Waals surface area contributed by atoms with Gasteiger partial charge in [-0.3, -0.25) is 9.59 Å². The minimum absolute atomic E-state index is 0.0180. The van der Waals surface area contributed by atoms with Crippen molar-refractivity contribution >= 4 is 23.4 Å². The van der Waals surface area contributed by atoms with Crippen LogP contribution in [0.1, 0.15) is 36.7 Å². The van der Waals surface area contributed by atoms with E-state index in [0.29, 0.717) is 35.1 Å². The van der Waals surface area contributed by atoms with Gasteiger partial charge < -0.3 is 9.47 Å². The van der Waals surface area contributed by atoms with Crippen molar-refractivity contribution in [2.24, 2.45) is 11.8 Å². The Hall–Kier alpha value is -2.33. The number of carbonyl (C=O) groups is 2. The molecule has 0 bridgehead atoms. The van der Waals surface area contributed by atoms with Crippen LogP contribution in [0.3, 0.4) is 0 Å². The van der Waals surface area contributed by atoms with E-state index in [1.807, 2.05) is 13.8 Å². The molecule has 5 heteroatoms. The van der Waals surface area contributed by atoms with Crippen LogP contribution in [0.2, 0.25) is 5.02 Å². The Kier molecular flexibility index (Phi) is 7.22. The van der Waals surface area contributed by atoms with Gasteiger partial charge in [0.15, 0.2) is 5.78 Å². The molecule has 0 aliphatic heterocycles. The largest absolute Gasteiger partial charge is 0.493 e. The molecule has 2 rings (SSSR count). The molecule has 2 aromatic rings. The smallest absolute Gasteiger partial charge is 0.309 e. The van der Waals surface area contributed by atoms with Gasteiger partial charge in [0.25, 0.3) is 0 Å². The lowest BCUT2D eigenvalue weighted by Gasteiger charge is -2.19. The molecule has 4 nitrogen and oxygen atoms in total. The van der Waals surface area contributed by atoms with E-state index in [-0.39, 0.29) is 23.6 Å². The van der Waals surface area contributed by atoms with Crippen LogP contribution < -0.4 is 4.74 Å². The average molecular weight is 375 g/mol. The second-order valence-electron chi connectivity index (χ2n) is 6.19. The monoisotopic (exact) mass is 374 g/mol. The van der Waals surface area contributed by atoms with Crippen LogP contribution in [-0.4, -0.2) is 25.0 Å². The fraction of sp³-hybridized carbons (Fsp3) is 0.333. The lowest BCUT2D eigenvalue weighted by atomic mass is 9.97. The van der Waals surface area contributed by atoms with E-state index < -0.39 is 0 Å². The van der Waals surface area contributed by atoms with Crippen LogP contribution in [-0.2, 0) is 9.53 Å². The molecular weight excluding hydrogens is 352 g/mol. The molecule has 2 unspecified atom stereocenters. The summed E-state index contributed by atoms with van der Waals surface area (Å²) in [6.45, 7) is 6.34. The van der Waals surface area contributed by atoms with E-state index in [1.54, 1.807) is 55.5 Å². The van der Waals surface area contributed by atoms with Gasteiger partial charge in [0, 0.05) is 22.1 Å². The van der Waals surface area contributed by atoms with Gasteiger partial charge in [0.05, 0.1) is 19.1 Å². The zero-order valence-electron chi connectivity index (χ0n) is 15.2. The van der Waals surface area contributed by atoms with Gasteiger partial charge in [0.1, 0.15) is 5.75 Å². The van der Waals surface area contributed by atoms with E-state index in [4.69, 9.17) is 21.1 Å². The molecule has 0 aliphatic rings. The molecule has 0 saturated heterocycles. The summed E-state index contributed by atoms with van der Waals surface area (Å²) in [7, 11) is 0. The Morgan fingerprint density at radius 2 is 1.50 bits per heavy atom. The number of benzene rings is 2. The van der Waals surface area contributed by atoms with Crippen molar-refractivity contribution < 1.29 is 19.1 Å². The molecule has 26 heavy (non-hydrogen) atoms. The van der Waals surface area contributed by atoms with Crippen LogP contribution in [0.25, 0.3) is 0 Å². The Labute approximate surface area is 159 Å². The molecule has 2 atom stereocenters. The molecule has 0 saturated carbocycles. The summed E-state index contributed by atoms with van der Waals surface area (Å²) in [5.74, 6) is 0.149. The first-order valence-electron chi connectivity index (χ1n) is 8.62. The van der Waals surface area contributed by atoms with Gasteiger partial charge >= 0.3 is 5.97 Å². The third kappa shape index (κ3) is 5.33. The molecule has 0 aliphatic carbocycles. The highest BCUT2D eigenvalue weighted by atomic mass is 35.5. The van der Waals surface area contributed by atoms with Crippen molar-refractivity contribution in [3.05, 3.63) is 64.7 Å². The highest BCUT2D eigenvalue weighted by Crippen LogP contribution is 2.19. The molecular formula is C21H23ClO4. The fourth-order valence-electron chi connectivity index (χ4n) is 2.35. The second kappa shape index (κ2) is 9.39. The van der Waals surface area contributed by atoms with Gasteiger partial charge in [-0.1, -0.05) is 25.4 Å². The van der Waals surface area contributed by atoms with E-state index >= 15 is 0 Å². The van der Waals surface area contributed by atoms with Gasteiger partial charge in [-0.2, -0.15) is 0 Å². The van der Waals surface area contributed by atoms with E-state index in [1.165, 1.54) is 0 Å². The van der Waals surface area contributed by atoms with Crippen molar-refractivity contribution in [1.82, 2.24) is 0 Å². The lowest BCUT2D eigenvalue weighted by Crippen LogP contribution is -2.25. The molecule has 0 spiro atoms. The fourth-order valence-corrected chi connectivity index (χ4v) is 2.47. The number of carbonyl (C=O) groups excluding carboxylic acids is 2. The Bertz CT molecular complexity index is 738. The van der Waals surface area contributed by atoms with Crippen molar-refractivity contribution in [3.63, 3.8) is 0 Å². The molecule has 138 valence electrons. The topological polar surface area (TPSA) is 52.6 Å². The summed E-state index contributed by atoms with van der Waals surface area (Å²) in [4.78, 5) is 24.2. The molecule has 0 radical (unpaired) electrons. The molecule has 0 heterocycles. The summed E-state index contributed by atoms with van der Waals surface area (Å²) < 4.78 is 10.8. The number of ether oxygens (including phenoxy) is 2. The molecule has 0 aromatic heterocycles. The summed E-state index contributed by atoms with van der Waals surface area (Å²) in [5.41, 5.74) is 1.16. The van der Waals surface area contributed by atoms with Crippen molar-refractivity contribution in [2.75, 3.05) is 13.2 Å². The normalized spacial score (nSPS) is 12.9. The summed E-state index contributed by atoms with van der Waals surface area (Å²) in [5, 5.41) is 0.594. The predicted octanol–water partition coefficient (Wildman–Crippen LogP) is 4.79.